The molecule has 0 saturated heterocycles. The lowest BCUT2D eigenvalue weighted by atomic mass is 9.91. The maximum Gasteiger partial charge on any atom is 0.126 e. The first kappa shape index (κ1) is 46.6. The molecular weight excluding hydrogens is 873 g/mol. The van der Waals surface area contributed by atoms with Crippen molar-refractivity contribution >= 4 is 23.8 Å². The molecule has 8 aromatic carbocycles. The highest BCUT2D eigenvalue weighted by molar-refractivity contribution is 5.81. The minimum atomic E-state index is 0.251. The summed E-state index contributed by atoms with van der Waals surface area (Å²) in [7, 11) is 0. The number of phenolic OH excluding ortho intramolecular Hbond substituents is 2. The summed E-state index contributed by atoms with van der Waals surface area (Å²) < 4.78 is 25.5. The average molecular weight is 929 g/mol. The van der Waals surface area contributed by atoms with E-state index >= 15 is 0 Å². The molecule has 9 rings (SSSR count). The van der Waals surface area contributed by atoms with Crippen LogP contribution in [-0.4, -0.2) is 49.1 Å². The molecule has 0 heterocycles. The standard InChI is InChI=1S/C60H56N4O6/c65-57-45-13-7-15-47(57)39-51-19-10-20-52(60(51)70-36-12-34-68-56-31-27-44(28-32-56)42-62-64-54-23-5-2-6-24-54)40-48-16-8-14-46(58(48)66)38-50-18-9-17-49(37-45)59(50)69-35-11-33-67-55-29-25-43(26-30-55)41-61-63-53-21-3-1-4-22-53/h1-10,13-32,41-42,63-66H,11-12,33-40H2/b61-41+,62-42+. The molecule has 0 atom stereocenters. The Hall–Kier alpha value is -8.50. The number of benzene rings is 8. The van der Waals surface area contributed by atoms with E-state index in [9.17, 15) is 10.2 Å². The van der Waals surface area contributed by atoms with Crippen LogP contribution in [0.1, 0.15) is 68.5 Å². The molecule has 0 spiro atoms. The fourth-order valence-corrected chi connectivity index (χ4v) is 8.42. The van der Waals surface area contributed by atoms with E-state index in [0.717, 1.165) is 90.0 Å². The lowest BCUT2D eigenvalue weighted by Crippen LogP contribution is -2.09. The molecule has 0 fully saturated rings. The van der Waals surface area contributed by atoms with E-state index in [-0.39, 0.29) is 11.5 Å². The van der Waals surface area contributed by atoms with Gasteiger partial charge in [0.05, 0.1) is 50.2 Å². The smallest absolute Gasteiger partial charge is 0.126 e. The van der Waals surface area contributed by atoms with Gasteiger partial charge in [-0.2, -0.15) is 10.2 Å². The molecular formula is C60H56N4O6. The molecule has 8 bridgehead atoms. The second kappa shape index (κ2) is 23.5. The van der Waals surface area contributed by atoms with Crippen molar-refractivity contribution in [3.05, 3.63) is 238 Å². The normalized spacial score (nSPS) is 12.1. The minimum Gasteiger partial charge on any atom is -0.507 e. The maximum absolute atomic E-state index is 11.9. The molecule has 0 radical (unpaired) electrons. The predicted octanol–water partition coefficient (Wildman–Crippen LogP) is 12.4. The van der Waals surface area contributed by atoms with Gasteiger partial charge in [0.25, 0.3) is 0 Å². The zero-order chi connectivity index (χ0) is 47.7. The number of hydrogen-bond donors (Lipinski definition) is 4. The quantitative estimate of drug-likeness (QED) is 0.0381. The summed E-state index contributed by atoms with van der Waals surface area (Å²) in [6.45, 7) is 1.76. The number of anilines is 2. The summed E-state index contributed by atoms with van der Waals surface area (Å²) in [5.41, 5.74) is 16.8. The van der Waals surface area contributed by atoms with Crippen LogP contribution in [0.4, 0.5) is 11.4 Å². The van der Waals surface area contributed by atoms with Crippen molar-refractivity contribution in [2.45, 2.75) is 38.5 Å². The van der Waals surface area contributed by atoms with Crippen molar-refractivity contribution in [1.29, 1.82) is 0 Å². The van der Waals surface area contributed by atoms with Crippen LogP contribution in [0.15, 0.2) is 192 Å². The monoisotopic (exact) mass is 928 g/mol. The Bertz CT molecular complexity index is 2720. The van der Waals surface area contributed by atoms with Crippen molar-refractivity contribution in [2.75, 3.05) is 37.3 Å². The first-order valence-electron chi connectivity index (χ1n) is 23.7. The molecule has 0 amide bonds. The topological polar surface area (TPSA) is 126 Å². The van der Waals surface area contributed by atoms with E-state index in [1.54, 1.807) is 12.4 Å². The van der Waals surface area contributed by atoms with E-state index in [1.165, 1.54) is 0 Å². The molecule has 1 aliphatic carbocycles. The Morgan fingerprint density at radius 2 is 0.671 bits per heavy atom. The number of hydrogen-bond acceptors (Lipinski definition) is 10. The summed E-state index contributed by atoms with van der Waals surface area (Å²) in [4.78, 5) is 0. The zero-order valence-electron chi connectivity index (χ0n) is 39.0. The second-order valence-electron chi connectivity index (χ2n) is 17.1. The number of nitrogens with zero attached hydrogens (tertiary/aromatic N) is 2. The van der Waals surface area contributed by atoms with E-state index in [0.29, 0.717) is 65.0 Å². The number of nitrogens with one attached hydrogen (secondary N) is 2. The van der Waals surface area contributed by atoms with E-state index in [4.69, 9.17) is 18.9 Å². The van der Waals surface area contributed by atoms with Gasteiger partial charge in [-0.3, -0.25) is 10.9 Å². The molecule has 0 aromatic heterocycles. The average Bonchev–Trinajstić information content (AvgIpc) is 3.38. The first-order chi connectivity index (χ1) is 34.5. The molecule has 0 saturated carbocycles. The third-order valence-corrected chi connectivity index (χ3v) is 12.0. The number of fused-ring (bicyclic) bond motifs is 8. The number of para-hydroxylation sites is 6. The summed E-state index contributed by atoms with van der Waals surface area (Å²) in [6.07, 6.45) is 6.64. The molecule has 0 aliphatic heterocycles. The van der Waals surface area contributed by atoms with Gasteiger partial charge in [-0.25, -0.2) is 0 Å². The molecule has 8 aromatic rings. The summed E-state index contributed by atoms with van der Waals surface area (Å²) in [5, 5.41) is 32.4. The lowest BCUT2D eigenvalue weighted by Gasteiger charge is -2.20. The SMILES string of the molecule is Oc1c2cccc1Cc1cccc(c1OCCCOc1ccc(/C=N/Nc3ccccc3)cc1)Cc1cccc(c1O)Cc1cccc(c1OCCCOc1ccc(/C=N/Nc3ccccc3)cc1)C2. The number of rotatable bonds is 18. The number of hydrazone groups is 2. The Balaban J connectivity index is 0.859. The zero-order valence-corrected chi connectivity index (χ0v) is 39.0. The Labute approximate surface area is 409 Å². The van der Waals surface area contributed by atoms with Crippen molar-refractivity contribution in [1.82, 2.24) is 0 Å². The summed E-state index contributed by atoms with van der Waals surface area (Å²) in [5.74, 6) is 3.53. The Morgan fingerprint density at radius 3 is 1.01 bits per heavy atom. The van der Waals surface area contributed by atoms with Gasteiger partial charge < -0.3 is 29.2 Å². The van der Waals surface area contributed by atoms with Gasteiger partial charge in [-0.15, -0.1) is 0 Å². The highest BCUT2D eigenvalue weighted by atomic mass is 16.5. The lowest BCUT2D eigenvalue weighted by molar-refractivity contribution is 0.245. The van der Waals surface area contributed by atoms with Gasteiger partial charge >= 0.3 is 0 Å². The maximum atomic E-state index is 11.9. The van der Waals surface area contributed by atoms with E-state index in [1.807, 2.05) is 158 Å². The van der Waals surface area contributed by atoms with Gasteiger partial charge in [0.2, 0.25) is 0 Å². The van der Waals surface area contributed by atoms with Crippen LogP contribution in [0, 0.1) is 0 Å². The van der Waals surface area contributed by atoms with Gasteiger partial charge in [-0.1, -0.05) is 109 Å². The molecule has 70 heavy (non-hydrogen) atoms. The van der Waals surface area contributed by atoms with Crippen molar-refractivity contribution < 1.29 is 29.2 Å². The van der Waals surface area contributed by atoms with Crippen LogP contribution in [0.3, 0.4) is 0 Å². The Morgan fingerprint density at radius 1 is 0.357 bits per heavy atom. The van der Waals surface area contributed by atoms with Crippen LogP contribution < -0.4 is 29.8 Å². The van der Waals surface area contributed by atoms with Gasteiger partial charge in [0.15, 0.2) is 0 Å². The van der Waals surface area contributed by atoms with Crippen molar-refractivity contribution in [3.8, 4) is 34.5 Å². The third-order valence-electron chi connectivity index (χ3n) is 12.0. The van der Waals surface area contributed by atoms with Crippen molar-refractivity contribution in [3.63, 3.8) is 0 Å². The molecule has 352 valence electrons. The number of ether oxygens (including phenoxy) is 4. The summed E-state index contributed by atoms with van der Waals surface area (Å²) in [6, 6.07) is 59.4. The number of aromatic hydroxyl groups is 2. The van der Waals surface area contributed by atoms with Crippen LogP contribution >= 0.6 is 0 Å². The number of phenols is 2. The van der Waals surface area contributed by atoms with Gasteiger partial charge in [0.1, 0.15) is 34.5 Å². The Kier molecular flexibility index (Phi) is 15.6. The van der Waals surface area contributed by atoms with Crippen LogP contribution in [0.2, 0.25) is 0 Å². The molecule has 1 aliphatic rings. The van der Waals surface area contributed by atoms with E-state index < -0.39 is 0 Å². The molecule has 0 unspecified atom stereocenters. The van der Waals surface area contributed by atoms with Crippen molar-refractivity contribution in [2.24, 2.45) is 10.2 Å². The highest BCUT2D eigenvalue weighted by Gasteiger charge is 2.20. The highest BCUT2D eigenvalue weighted by Crippen LogP contribution is 2.38. The second-order valence-corrected chi connectivity index (χ2v) is 17.1. The molecule has 10 nitrogen and oxygen atoms in total. The van der Waals surface area contributed by atoms with Crippen LogP contribution in [0.25, 0.3) is 0 Å². The molecule has 4 N–H and O–H groups in total. The van der Waals surface area contributed by atoms with E-state index in [2.05, 4.69) is 45.3 Å². The minimum absolute atomic E-state index is 0.251. The van der Waals surface area contributed by atoms with Gasteiger partial charge in [-0.05, 0) is 128 Å². The van der Waals surface area contributed by atoms with Gasteiger partial charge in [0, 0.05) is 38.5 Å². The fraction of sp³-hybridized carbons (Fsp3) is 0.167. The largest absolute Gasteiger partial charge is 0.507 e. The predicted molar refractivity (Wildman–Crippen MR) is 280 cm³/mol. The summed E-state index contributed by atoms with van der Waals surface area (Å²) >= 11 is 0. The fourth-order valence-electron chi connectivity index (χ4n) is 8.42. The first-order valence-corrected chi connectivity index (χ1v) is 23.7. The molecule has 10 heteroatoms. The van der Waals surface area contributed by atoms with Crippen LogP contribution in [-0.2, 0) is 25.7 Å². The van der Waals surface area contributed by atoms with Crippen LogP contribution in [0.5, 0.6) is 34.5 Å². The third kappa shape index (κ3) is 12.5.